The molecule has 1 aromatic heterocycles. The van der Waals surface area contributed by atoms with Gasteiger partial charge in [0, 0.05) is 18.2 Å². The molecule has 6 N–H and O–H groups in total. The van der Waals surface area contributed by atoms with Crippen LogP contribution < -0.4 is 5.69 Å². The normalized spacial score (nSPS) is 26.8. The zero-order valence-corrected chi connectivity index (χ0v) is 17.9. The molecule has 19 heteroatoms. The summed E-state index contributed by atoms with van der Waals surface area (Å²) in [5.41, 5.74) is -0.152. The lowest BCUT2D eigenvalue weighted by atomic mass is 10.2. The second-order valence-electron chi connectivity index (χ2n) is 5.76. The van der Waals surface area contributed by atoms with Gasteiger partial charge in [-0.2, -0.15) is 8.62 Å². The van der Waals surface area contributed by atoms with Crippen molar-refractivity contribution in [1.29, 1.82) is 0 Å². The fourth-order valence-electron chi connectivity index (χ4n) is 2.42. The van der Waals surface area contributed by atoms with Crippen molar-refractivity contribution in [2.45, 2.75) is 31.8 Å². The van der Waals surface area contributed by atoms with E-state index in [1.54, 1.807) is 6.92 Å². The summed E-state index contributed by atoms with van der Waals surface area (Å²) < 4.78 is 52.6. The number of aromatic nitrogens is 2. The third kappa shape index (κ3) is 6.97. The molecular weight excluding hydrogens is 481 g/mol. The van der Waals surface area contributed by atoms with Crippen molar-refractivity contribution < 1.29 is 56.3 Å². The molecule has 1 aromatic rings. The minimum absolute atomic E-state index is 0.188. The van der Waals surface area contributed by atoms with Crippen LogP contribution in [-0.4, -0.2) is 53.0 Å². The Morgan fingerprint density at radius 1 is 1.24 bits per heavy atom. The van der Waals surface area contributed by atoms with E-state index < -0.39 is 54.2 Å². The summed E-state index contributed by atoms with van der Waals surface area (Å²) in [4.78, 5) is 50.3. The van der Waals surface area contributed by atoms with Crippen LogP contribution in [0, 0.1) is 11.6 Å². The van der Waals surface area contributed by atoms with Gasteiger partial charge in [-0.05, 0) is 6.92 Å². The third-order valence-corrected chi connectivity index (χ3v) is 7.79. The third-order valence-electron chi connectivity index (χ3n) is 3.50. The van der Waals surface area contributed by atoms with Gasteiger partial charge in [-0.25, -0.2) is 18.5 Å². The molecule has 1 aliphatic heterocycles. The molecule has 1 saturated heterocycles. The number of aryl methyl sites for hydroxylation is 1. The van der Waals surface area contributed by atoms with Crippen LogP contribution in [0.2, 0.25) is 0 Å². The number of phosphoric ester groups is 1. The van der Waals surface area contributed by atoms with Crippen LogP contribution in [0.15, 0.2) is 11.0 Å². The van der Waals surface area contributed by atoms with Crippen molar-refractivity contribution in [3.05, 3.63) is 26.9 Å². The smallest absolute Gasteiger partial charge is 0.394 e. The first-order valence-electron chi connectivity index (χ1n) is 7.53. The number of aliphatic hydroxyl groups is 1. The highest BCUT2D eigenvalue weighted by Gasteiger charge is 2.46. The molecule has 0 aromatic carbocycles. The van der Waals surface area contributed by atoms with E-state index >= 15 is 0 Å². The van der Waals surface area contributed by atoms with E-state index in [1.807, 2.05) is 0 Å². The number of hydrogen-bond donors (Lipinski definition) is 6. The predicted octanol–water partition coefficient (Wildman–Crippen LogP) is 0.206. The maximum Gasteiger partial charge on any atom is 0.490 e. The zero-order valence-electron chi connectivity index (χ0n) is 14.4. The quantitative estimate of drug-likeness (QED) is 0.208. The number of nitrogens with one attached hydrogen (secondary N) is 1. The molecule has 0 saturated carbocycles. The summed E-state index contributed by atoms with van der Waals surface area (Å²) in [6.45, 7) is 0.879. The maximum absolute atomic E-state index is 12.1. The van der Waals surface area contributed by atoms with Crippen molar-refractivity contribution in [2.24, 2.45) is 0 Å². The second kappa shape index (κ2) is 8.89. The fraction of sp³-hybridized carbons (Fsp3) is 0.600. The summed E-state index contributed by atoms with van der Waals surface area (Å²) in [7, 11) is -16.7. The molecule has 15 nitrogen and oxygen atoms in total. The first kappa shape index (κ1) is 24.7. The number of nitrogens with zero attached hydrogens (tertiary/aromatic N) is 1. The van der Waals surface area contributed by atoms with E-state index in [2.05, 4.69) is 13.6 Å². The molecule has 2 unspecified atom stereocenters. The van der Waals surface area contributed by atoms with Crippen LogP contribution in [0.3, 0.4) is 0 Å². The first-order valence-corrected chi connectivity index (χ1v) is 12.5. The Hall–Kier alpha value is -0.570. The monoisotopic (exact) mass is 498 g/mol. The molecule has 2 rings (SSSR count). The SMILES string of the molecule is Cc1cn([C@H]2C[C@H](OP(=O)(O)OP(=O)(O)OP(=O)(O)O)[C@@H](CO)O2)c(=O)[nH]c1=S. The van der Waals surface area contributed by atoms with E-state index in [0.717, 1.165) is 4.57 Å². The number of phosphoric acid groups is 3. The summed E-state index contributed by atoms with van der Waals surface area (Å²) in [5, 5.41) is 9.39. The molecule has 0 aliphatic carbocycles. The van der Waals surface area contributed by atoms with Gasteiger partial charge >= 0.3 is 29.2 Å². The van der Waals surface area contributed by atoms with Crippen LogP contribution in [0.5, 0.6) is 0 Å². The molecule has 0 spiro atoms. The number of aromatic amines is 1. The fourth-order valence-corrected chi connectivity index (χ4v) is 5.78. The lowest BCUT2D eigenvalue weighted by molar-refractivity contribution is -0.0452. The van der Waals surface area contributed by atoms with Gasteiger partial charge in [0.15, 0.2) is 0 Å². The molecular formula is C10H17N2O13P3S. The maximum atomic E-state index is 12.1. The molecule has 0 radical (unpaired) electrons. The number of aliphatic hydroxyl groups excluding tert-OH is 1. The highest BCUT2D eigenvalue weighted by molar-refractivity contribution is 7.71. The van der Waals surface area contributed by atoms with E-state index in [9.17, 15) is 33.4 Å². The number of rotatable bonds is 8. The Balaban J connectivity index is 2.18. The van der Waals surface area contributed by atoms with E-state index in [-0.39, 0.29) is 11.1 Å². The minimum Gasteiger partial charge on any atom is -0.394 e. The molecule has 2 heterocycles. The molecule has 29 heavy (non-hydrogen) atoms. The van der Waals surface area contributed by atoms with Crippen LogP contribution in [0.25, 0.3) is 0 Å². The Kier molecular flexibility index (Phi) is 7.57. The van der Waals surface area contributed by atoms with Gasteiger partial charge in [0.2, 0.25) is 0 Å². The summed E-state index contributed by atoms with van der Waals surface area (Å²) in [5.74, 6) is 0. The van der Waals surface area contributed by atoms with Gasteiger partial charge in [-0.3, -0.25) is 14.1 Å². The van der Waals surface area contributed by atoms with E-state index in [0.29, 0.717) is 5.56 Å². The highest BCUT2D eigenvalue weighted by atomic mass is 32.1. The van der Waals surface area contributed by atoms with Crippen molar-refractivity contribution in [2.75, 3.05) is 6.61 Å². The summed E-state index contributed by atoms with van der Waals surface area (Å²) >= 11 is 4.93. The van der Waals surface area contributed by atoms with Crippen molar-refractivity contribution in [3.8, 4) is 0 Å². The van der Waals surface area contributed by atoms with Gasteiger partial charge < -0.3 is 29.4 Å². The molecule has 166 valence electrons. The van der Waals surface area contributed by atoms with Crippen LogP contribution in [0.1, 0.15) is 18.2 Å². The lowest BCUT2D eigenvalue weighted by Gasteiger charge is -2.21. The average Bonchev–Trinajstić information content (AvgIpc) is 2.88. The predicted molar refractivity (Wildman–Crippen MR) is 95.0 cm³/mol. The lowest BCUT2D eigenvalue weighted by Crippen LogP contribution is -2.28. The number of hydrogen-bond acceptors (Lipinski definition) is 10. The van der Waals surface area contributed by atoms with Gasteiger partial charge in [0.1, 0.15) is 23.1 Å². The topological polar surface area (TPSA) is 227 Å². The molecule has 1 fully saturated rings. The largest absolute Gasteiger partial charge is 0.490 e. The van der Waals surface area contributed by atoms with Gasteiger partial charge in [0.05, 0.1) is 6.61 Å². The van der Waals surface area contributed by atoms with E-state index in [4.69, 9.17) is 31.3 Å². The van der Waals surface area contributed by atoms with Crippen molar-refractivity contribution in [3.63, 3.8) is 0 Å². The Bertz CT molecular complexity index is 1020. The Labute approximate surface area is 167 Å². The molecule has 5 atom stereocenters. The van der Waals surface area contributed by atoms with Crippen LogP contribution >= 0.6 is 35.7 Å². The van der Waals surface area contributed by atoms with Gasteiger partial charge in [-0.15, -0.1) is 0 Å². The number of H-pyrrole nitrogens is 1. The molecule has 1 aliphatic rings. The Morgan fingerprint density at radius 3 is 2.41 bits per heavy atom. The van der Waals surface area contributed by atoms with E-state index in [1.165, 1.54) is 6.20 Å². The molecule has 0 amide bonds. The van der Waals surface area contributed by atoms with Crippen molar-refractivity contribution >= 4 is 35.7 Å². The zero-order chi connectivity index (χ0) is 22.2. The van der Waals surface area contributed by atoms with Gasteiger partial charge in [-0.1, -0.05) is 12.2 Å². The first-order chi connectivity index (χ1) is 13.1. The summed E-state index contributed by atoms with van der Waals surface area (Å²) in [6, 6.07) is 0. The Morgan fingerprint density at radius 2 is 1.86 bits per heavy atom. The minimum atomic E-state index is -5.69. The number of ether oxygens (including phenoxy) is 1. The van der Waals surface area contributed by atoms with Crippen LogP contribution in [-0.2, 0) is 31.6 Å². The van der Waals surface area contributed by atoms with Crippen LogP contribution in [0.4, 0.5) is 0 Å². The summed E-state index contributed by atoms with van der Waals surface area (Å²) in [6.07, 6.45) is -2.65. The van der Waals surface area contributed by atoms with Crippen molar-refractivity contribution in [1.82, 2.24) is 9.55 Å². The van der Waals surface area contributed by atoms with Gasteiger partial charge in [0.25, 0.3) is 0 Å². The highest BCUT2D eigenvalue weighted by Crippen LogP contribution is 2.67. The molecule has 0 bridgehead atoms. The average molecular weight is 498 g/mol. The second-order valence-corrected chi connectivity index (χ2v) is 10.5. The standard InChI is InChI=1S/C10H17N2O13P3S/c1-5-3-12(10(14)11-9(5)29)8-2-6(7(4-13)22-8)23-27(18,19)25-28(20,21)24-26(15,16)17/h3,6-8,13H,2,4H2,1H3,(H,18,19)(H,20,21)(H,11,14,29)(H2,15,16,17)/t6-,7+,8+/m0/s1.